The van der Waals surface area contributed by atoms with Crippen molar-refractivity contribution >= 4 is 5.91 Å². The monoisotopic (exact) mass is 391 g/mol. The van der Waals surface area contributed by atoms with Gasteiger partial charge in [-0.3, -0.25) is 4.79 Å². The van der Waals surface area contributed by atoms with Crippen LogP contribution in [0.25, 0.3) is 0 Å². The Hall–Kier alpha value is -1.79. The fourth-order valence-corrected chi connectivity index (χ4v) is 3.92. The molecular weight excluding hydrogens is 354 g/mol. The Balaban J connectivity index is 1.59. The third-order valence-corrected chi connectivity index (χ3v) is 5.61. The molecule has 28 heavy (non-hydrogen) atoms. The normalized spacial score (nSPS) is 21.6. The summed E-state index contributed by atoms with van der Waals surface area (Å²) in [4.78, 5) is 18.3. The topological polar surface area (TPSA) is 47.7 Å². The zero-order valence-corrected chi connectivity index (χ0v) is 18.0. The van der Waals surface area contributed by atoms with Crippen LogP contribution in [0.2, 0.25) is 0 Å². The fraction of sp³-hybridized carbons (Fsp3) is 0.682. The highest BCUT2D eigenvalue weighted by atomic mass is 16.7. The highest BCUT2D eigenvalue weighted by molar-refractivity contribution is 5.76. The van der Waals surface area contributed by atoms with E-state index in [1.165, 1.54) is 26.2 Å². The summed E-state index contributed by atoms with van der Waals surface area (Å²) >= 11 is 0. The minimum absolute atomic E-state index is 0.00427. The van der Waals surface area contributed by atoms with Crippen LogP contribution in [0, 0.1) is 5.41 Å². The first-order valence-electron chi connectivity index (χ1n) is 10.6. The van der Waals surface area contributed by atoms with Crippen LogP contribution in [-0.2, 0) is 11.3 Å². The standard InChI is InChI=1S/C22H35N3O3/c1-22(2,3)15-21(26)25(9-5-8-24-12-10-23(4)11-13-24)16-18-6-7-19-20(14-18)28-17-27-19/h6-7,14H,5,8-13,15-17H2,1-4H3/p+2. The van der Waals surface area contributed by atoms with E-state index >= 15 is 0 Å². The Morgan fingerprint density at radius 1 is 1.11 bits per heavy atom. The number of nitrogens with zero attached hydrogens (tertiary/aromatic N) is 1. The minimum atomic E-state index is -0.00427. The number of carbonyl (C=O) groups is 1. The molecule has 0 bridgehead atoms. The molecule has 0 radical (unpaired) electrons. The van der Waals surface area contributed by atoms with Crippen molar-refractivity contribution in [2.24, 2.45) is 5.41 Å². The molecule has 0 saturated carbocycles. The molecule has 2 N–H and O–H groups in total. The average molecular weight is 392 g/mol. The Morgan fingerprint density at radius 2 is 1.82 bits per heavy atom. The van der Waals surface area contributed by atoms with Crippen molar-refractivity contribution < 1.29 is 24.1 Å². The van der Waals surface area contributed by atoms with E-state index in [2.05, 4.69) is 27.8 Å². The van der Waals surface area contributed by atoms with Crippen molar-refractivity contribution in [1.82, 2.24) is 4.90 Å². The van der Waals surface area contributed by atoms with Gasteiger partial charge < -0.3 is 24.2 Å². The van der Waals surface area contributed by atoms with E-state index in [0.29, 0.717) is 13.0 Å². The maximum atomic E-state index is 13.0. The maximum Gasteiger partial charge on any atom is 0.231 e. The van der Waals surface area contributed by atoms with Crippen LogP contribution in [0.4, 0.5) is 0 Å². The van der Waals surface area contributed by atoms with Crippen LogP contribution in [0.15, 0.2) is 18.2 Å². The summed E-state index contributed by atoms with van der Waals surface area (Å²) in [6.07, 6.45) is 1.62. The third kappa shape index (κ3) is 6.11. The number of hydrogen-bond donors (Lipinski definition) is 2. The van der Waals surface area contributed by atoms with Gasteiger partial charge in [-0.25, -0.2) is 0 Å². The van der Waals surface area contributed by atoms with Crippen molar-refractivity contribution in [2.45, 2.75) is 40.2 Å². The molecule has 156 valence electrons. The van der Waals surface area contributed by atoms with Gasteiger partial charge in [0.15, 0.2) is 11.5 Å². The van der Waals surface area contributed by atoms with E-state index in [9.17, 15) is 4.79 Å². The maximum absolute atomic E-state index is 13.0. The molecule has 2 aliphatic heterocycles. The van der Waals surface area contributed by atoms with E-state index in [-0.39, 0.29) is 18.1 Å². The highest BCUT2D eigenvalue weighted by Gasteiger charge is 2.24. The number of nitrogens with one attached hydrogen (secondary N) is 2. The number of likely N-dealkylation sites (N-methyl/N-ethyl adjacent to an activating group) is 1. The lowest BCUT2D eigenvalue weighted by molar-refractivity contribution is -1.00. The SMILES string of the molecule is C[NH+]1CC[NH+](CCCN(Cc2ccc3c(c2)OCO3)C(=O)CC(C)(C)C)CC1. The molecule has 1 fully saturated rings. The van der Waals surface area contributed by atoms with Gasteiger partial charge in [-0.2, -0.15) is 0 Å². The van der Waals surface area contributed by atoms with Crippen molar-refractivity contribution in [3.05, 3.63) is 23.8 Å². The van der Waals surface area contributed by atoms with Crippen LogP contribution in [0.1, 0.15) is 39.2 Å². The first-order chi connectivity index (χ1) is 13.3. The van der Waals surface area contributed by atoms with Gasteiger partial charge in [0.25, 0.3) is 0 Å². The lowest BCUT2D eigenvalue weighted by atomic mass is 9.91. The Bertz CT molecular complexity index is 663. The molecule has 0 aromatic heterocycles. The first kappa shape index (κ1) is 20.9. The summed E-state index contributed by atoms with van der Waals surface area (Å²) in [6, 6.07) is 5.99. The van der Waals surface area contributed by atoms with Crippen LogP contribution in [-0.4, -0.2) is 63.9 Å². The van der Waals surface area contributed by atoms with E-state index < -0.39 is 0 Å². The summed E-state index contributed by atoms with van der Waals surface area (Å²) < 4.78 is 10.9. The molecule has 0 atom stereocenters. The predicted octanol–water partition coefficient (Wildman–Crippen LogP) is -0.0166. The first-order valence-corrected chi connectivity index (χ1v) is 10.6. The summed E-state index contributed by atoms with van der Waals surface area (Å²) in [5.41, 5.74) is 1.09. The molecular formula is C22H37N3O3+2. The van der Waals surface area contributed by atoms with Gasteiger partial charge in [0.05, 0.1) is 13.6 Å². The zero-order valence-electron chi connectivity index (χ0n) is 18.0. The molecule has 3 rings (SSSR count). The highest BCUT2D eigenvalue weighted by Crippen LogP contribution is 2.33. The number of quaternary nitrogens is 2. The lowest BCUT2D eigenvalue weighted by Crippen LogP contribution is -3.27. The third-order valence-electron chi connectivity index (χ3n) is 5.61. The molecule has 6 nitrogen and oxygen atoms in total. The number of rotatable bonds is 7. The summed E-state index contributed by atoms with van der Waals surface area (Å²) in [7, 11) is 2.27. The minimum Gasteiger partial charge on any atom is -0.454 e. The van der Waals surface area contributed by atoms with Crippen LogP contribution >= 0.6 is 0 Å². The number of hydrogen-bond acceptors (Lipinski definition) is 3. The average Bonchev–Trinajstić information content (AvgIpc) is 3.09. The second-order valence-corrected chi connectivity index (χ2v) is 9.55. The van der Waals surface area contributed by atoms with E-state index in [4.69, 9.17) is 9.47 Å². The zero-order chi connectivity index (χ0) is 20.1. The van der Waals surface area contributed by atoms with Crippen molar-refractivity contribution in [3.63, 3.8) is 0 Å². The molecule has 1 aromatic rings. The summed E-state index contributed by atoms with van der Waals surface area (Å²) in [5.74, 6) is 1.81. The Kier molecular flexibility index (Phi) is 6.83. The van der Waals surface area contributed by atoms with E-state index in [1.807, 2.05) is 23.1 Å². The molecule has 0 unspecified atom stereocenters. The largest absolute Gasteiger partial charge is 0.454 e. The number of amides is 1. The van der Waals surface area contributed by atoms with E-state index in [0.717, 1.165) is 36.6 Å². The van der Waals surface area contributed by atoms with Gasteiger partial charge in [0, 0.05) is 25.9 Å². The number of fused-ring (bicyclic) bond motifs is 1. The predicted molar refractivity (Wildman–Crippen MR) is 109 cm³/mol. The van der Waals surface area contributed by atoms with Gasteiger partial charge in [-0.05, 0) is 23.1 Å². The molecule has 1 aromatic carbocycles. The fourth-order valence-electron chi connectivity index (χ4n) is 3.92. The number of piperazine rings is 1. The van der Waals surface area contributed by atoms with Crippen LogP contribution < -0.4 is 19.3 Å². The summed E-state index contributed by atoms with van der Waals surface area (Å²) in [6.45, 7) is 14.2. The van der Waals surface area contributed by atoms with Gasteiger partial charge in [-0.1, -0.05) is 26.8 Å². The van der Waals surface area contributed by atoms with Gasteiger partial charge >= 0.3 is 0 Å². The van der Waals surface area contributed by atoms with Gasteiger partial charge in [0.2, 0.25) is 12.7 Å². The molecule has 0 spiro atoms. The quantitative estimate of drug-likeness (QED) is 0.687. The molecule has 0 aliphatic carbocycles. The lowest BCUT2D eigenvalue weighted by Gasteiger charge is -2.29. The molecule has 2 aliphatic rings. The van der Waals surface area contributed by atoms with Gasteiger partial charge in [-0.15, -0.1) is 0 Å². The molecule has 1 amide bonds. The number of ether oxygens (including phenoxy) is 2. The van der Waals surface area contributed by atoms with E-state index in [1.54, 1.807) is 9.80 Å². The molecule has 6 heteroatoms. The van der Waals surface area contributed by atoms with Crippen molar-refractivity contribution in [1.29, 1.82) is 0 Å². The number of benzene rings is 1. The Morgan fingerprint density at radius 3 is 2.54 bits per heavy atom. The van der Waals surface area contributed by atoms with Crippen LogP contribution in [0.3, 0.4) is 0 Å². The summed E-state index contributed by atoms with van der Waals surface area (Å²) in [5, 5.41) is 0. The molecule has 1 saturated heterocycles. The Labute approximate surface area is 169 Å². The van der Waals surface area contributed by atoms with Gasteiger partial charge in [0.1, 0.15) is 26.2 Å². The number of carbonyl (C=O) groups excluding carboxylic acids is 1. The molecule has 2 heterocycles. The van der Waals surface area contributed by atoms with Crippen molar-refractivity contribution in [3.8, 4) is 11.5 Å². The van der Waals surface area contributed by atoms with Crippen LogP contribution in [0.5, 0.6) is 11.5 Å². The second-order valence-electron chi connectivity index (χ2n) is 9.55. The van der Waals surface area contributed by atoms with Crippen molar-refractivity contribution in [2.75, 3.05) is 53.1 Å². The smallest absolute Gasteiger partial charge is 0.231 e. The second kappa shape index (κ2) is 9.14.